The maximum atomic E-state index is 12.1. The van der Waals surface area contributed by atoms with Gasteiger partial charge in [-0.3, -0.25) is 4.90 Å². The number of nitrogens with zero attached hydrogens (tertiary/aromatic N) is 3. The number of ether oxygens (including phenoxy) is 3. The molecule has 4 rings (SSSR count). The number of methoxy groups -OCH3 is 1. The molecule has 1 saturated carbocycles. The van der Waals surface area contributed by atoms with Crippen molar-refractivity contribution in [2.45, 2.75) is 45.3 Å². The van der Waals surface area contributed by atoms with Crippen molar-refractivity contribution in [1.82, 2.24) is 14.9 Å². The Labute approximate surface area is 184 Å². The lowest BCUT2D eigenvalue weighted by Crippen LogP contribution is -2.58. The molecule has 0 radical (unpaired) electrons. The van der Waals surface area contributed by atoms with E-state index in [1.165, 1.54) is 5.56 Å². The largest absolute Gasteiger partial charge is 0.496 e. The van der Waals surface area contributed by atoms with E-state index in [9.17, 15) is 5.11 Å². The molecule has 1 aromatic carbocycles. The highest BCUT2D eigenvalue weighted by Crippen LogP contribution is 2.51. The summed E-state index contributed by atoms with van der Waals surface area (Å²) < 4.78 is 16.8. The third kappa shape index (κ3) is 4.21. The number of para-hydroxylation sites is 1. The smallest absolute Gasteiger partial charge is 0.319 e. The minimum absolute atomic E-state index is 0.0930. The fourth-order valence-corrected chi connectivity index (χ4v) is 5.26. The molecule has 2 heterocycles. The lowest BCUT2D eigenvalue weighted by Gasteiger charge is -2.53. The number of hydrogen-bond donors (Lipinski definition) is 1. The number of benzene rings is 1. The van der Waals surface area contributed by atoms with Crippen LogP contribution in [0.1, 0.15) is 44.2 Å². The summed E-state index contributed by atoms with van der Waals surface area (Å²) >= 11 is 0. The van der Waals surface area contributed by atoms with E-state index in [-0.39, 0.29) is 17.8 Å². The van der Waals surface area contributed by atoms with E-state index < -0.39 is 5.60 Å². The molecule has 168 valence electrons. The molecule has 31 heavy (non-hydrogen) atoms. The third-order valence-corrected chi connectivity index (χ3v) is 6.61. The van der Waals surface area contributed by atoms with Gasteiger partial charge < -0.3 is 19.3 Å². The Hall–Kier alpha value is -2.38. The zero-order valence-corrected chi connectivity index (χ0v) is 18.7. The van der Waals surface area contributed by atoms with Gasteiger partial charge in [0.2, 0.25) is 5.88 Å². The van der Waals surface area contributed by atoms with Crippen LogP contribution in [0.15, 0.2) is 30.5 Å². The first-order chi connectivity index (χ1) is 15.1. The Kier molecular flexibility index (Phi) is 6.62. The summed E-state index contributed by atoms with van der Waals surface area (Å²) in [6.45, 7) is 7.21. The monoisotopic (exact) mass is 427 g/mol. The molecular formula is C24H33N3O4. The Bertz CT molecular complexity index is 877. The molecule has 1 aliphatic carbocycles. The lowest BCUT2D eigenvalue weighted by atomic mass is 9.63. The maximum Gasteiger partial charge on any atom is 0.319 e. The van der Waals surface area contributed by atoms with E-state index in [0.717, 1.165) is 44.6 Å². The van der Waals surface area contributed by atoms with Gasteiger partial charge in [-0.2, -0.15) is 4.98 Å². The van der Waals surface area contributed by atoms with Crippen molar-refractivity contribution in [1.29, 1.82) is 0 Å². The van der Waals surface area contributed by atoms with Crippen LogP contribution >= 0.6 is 0 Å². The van der Waals surface area contributed by atoms with Crippen molar-refractivity contribution in [3.05, 3.63) is 41.6 Å². The van der Waals surface area contributed by atoms with Crippen LogP contribution in [0.2, 0.25) is 0 Å². The van der Waals surface area contributed by atoms with E-state index in [4.69, 9.17) is 14.2 Å². The number of fused-ring (bicyclic) bond motifs is 2. The van der Waals surface area contributed by atoms with E-state index >= 15 is 0 Å². The fraction of sp³-hybridized carbons (Fsp3) is 0.583. The quantitative estimate of drug-likeness (QED) is 0.692. The number of aromatic nitrogens is 2. The van der Waals surface area contributed by atoms with Crippen molar-refractivity contribution in [3.8, 4) is 17.6 Å². The maximum absolute atomic E-state index is 12.1. The molecule has 0 unspecified atom stereocenters. The molecule has 0 amide bonds. The molecule has 2 atom stereocenters. The average molecular weight is 428 g/mol. The third-order valence-electron chi connectivity index (χ3n) is 6.61. The van der Waals surface area contributed by atoms with Gasteiger partial charge in [0, 0.05) is 43.2 Å². The predicted octanol–water partition coefficient (Wildman–Crippen LogP) is 3.40. The van der Waals surface area contributed by atoms with Crippen LogP contribution < -0.4 is 14.2 Å². The molecule has 1 aliphatic heterocycles. The Balaban J connectivity index is 1.62. The molecule has 1 aromatic heterocycles. The highest BCUT2D eigenvalue weighted by atomic mass is 16.5. The first-order valence-corrected chi connectivity index (χ1v) is 11.3. The van der Waals surface area contributed by atoms with Crippen LogP contribution in [0.5, 0.6) is 17.6 Å². The van der Waals surface area contributed by atoms with Crippen LogP contribution in [0.25, 0.3) is 0 Å². The van der Waals surface area contributed by atoms with Crippen molar-refractivity contribution in [2.24, 2.45) is 11.8 Å². The van der Waals surface area contributed by atoms with Gasteiger partial charge in [-0.15, -0.1) is 0 Å². The summed E-state index contributed by atoms with van der Waals surface area (Å²) in [5, 5.41) is 12.1. The first kappa shape index (κ1) is 21.8. The number of aliphatic hydroxyl groups is 1. The zero-order valence-electron chi connectivity index (χ0n) is 18.7. The van der Waals surface area contributed by atoms with Gasteiger partial charge in [0.15, 0.2) is 0 Å². The molecule has 2 bridgehead atoms. The van der Waals surface area contributed by atoms with Crippen LogP contribution in [-0.4, -0.2) is 53.4 Å². The molecule has 1 N–H and O–H groups in total. The van der Waals surface area contributed by atoms with Crippen molar-refractivity contribution >= 4 is 0 Å². The average Bonchev–Trinajstić information content (AvgIpc) is 2.75. The second-order valence-electron chi connectivity index (χ2n) is 8.39. The van der Waals surface area contributed by atoms with E-state index in [1.54, 1.807) is 13.3 Å². The molecule has 0 spiro atoms. The molecule has 2 aromatic rings. The number of hydrogen-bond acceptors (Lipinski definition) is 7. The van der Waals surface area contributed by atoms with Crippen LogP contribution in [0.4, 0.5) is 0 Å². The number of piperidine rings is 1. The summed E-state index contributed by atoms with van der Waals surface area (Å²) in [6.07, 6.45) is 4.77. The number of likely N-dealkylation sites (tertiary alicyclic amines) is 1. The van der Waals surface area contributed by atoms with Gasteiger partial charge in [-0.1, -0.05) is 24.6 Å². The van der Waals surface area contributed by atoms with Crippen molar-refractivity contribution in [3.63, 3.8) is 0 Å². The first-order valence-electron chi connectivity index (χ1n) is 11.3. The van der Waals surface area contributed by atoms with Crippen LogP contribution in [-0.2, 0) is 12.1 Å². The van der Waals surface area contributed by atoms with E-state index in [0.29, 0.717) is 24.7 Å². The summed E-state index contributed by atoms with van der Waals surface area (Å²) in [5.74, 6) is 1.54. The highest BCUT2D eigenvalue weighted by molar-refractivity contribution is 5.36. The summed E-state index contributed by atoms with van der Waals surface area (Å²) in [7, 11) is 1.71. The SMILES string of the molecule is CCOc1ncc(C2(O)[C@H]3CCC[C@H]2CN(Cc2ccccc2OC)C3)c(OCC)n1. The fourth-order valence-electron chi connectivity index (χ4n) is 5.26. The molecular weight excluding hydrogens is 394 g/mol. The number of rotatable bonds is 8. The lowest BCUT2D eigenvalue weighted by molar-refractivity contribution is -0.150. The topological polar surface area (TPSA) is 76.9 Å². The van der Waals surface area contributed by atoms with Gasteiger partial charge in [0.1, 0.15) is 11.4 Å². The summed E-state index contributed by atoms with van der Waals surface area (Å²) in [4.78, 5) is 11.3. The summed E-state index contributed by atoms with van der Waals surface area (Å²) in [6, 6.07) is 8.44. The van der Waals surface area contributed by atoms with Gasteiger partial charge in [-0.25, -0.2) is 4.98 Å². The second kappa shape index (κ2) is 9.40. The van der Waals surface area contributed by atoms with Gasteiger partial charge in [0.25, 0.3) is 0 Å². The van der Waals surface area contributed by atoms with E-state index in [2.05, 4.69) is 20.9 Å². The Morgan fingerprint density at radius 2 is 1.81 bits per heavy atom. The zero-order chi connectivity index (χ0) is 21.8. The minimum Gasteiger partial charge on any atom is -0.496 e. The van der Waals surface area contributed by atoms with Gasteiger partial charge in [-0.05, 0) is 32.8 Å². The van der Waals surface area contributed by atoms with E-state index in [1.807, 2.05) is 32.0 Å². The molecule has 7 nitrogen and oxygen atoms in total. The van der Waals surface area contributed by atoms with Crippen LogP contribution in [0.3, 0.4) is 0 Å². The standard InChI is InChI=1S/C24H33N3O4/c1-4-30-22-20(13-25-23(26-22)31-5-2)24(28)18-10-8-11-19(24)16-27(15-18)14-17-9-6-7-12-21(17)29-3/h6-7,9,12-13,18-19,28H,4-5,8,10-11,14-16H2,1-3H3/t18-,19-/m0/s1. The van der Waals surface area contributed by atoms with Crippen LogP contribution in [0, 0.1) is 11.8 Å². The van der Waals surface area contributed by atoms with Gasteiger partial charge in [0.05, 0.1) is 25.9 Å². The Morgan fingerprint density at radius 1 is 1.10 bits per heavy atom. The molecule has 7 heteroatoms. The minimum atomic E-state index is -0.995. The predicted molar refractivity (Wildman–Crippen MR) is 117 cm³/mol. The second-order valence-corrected chi connectivity index (χ2v) is 8.39. The Morgan fingerprint density at radius 3 is 2.48 bits per heavy atom. The molecule has 2 fully saturated rings. The van der Waals surface area contributed by atoms with Crippen molar-refractivity contribution in [2.75, 3.05) is 33.4 Å². The van der Waals surface area contributed by atoms with Gasteiger partial charge >= 0.3 is 6.01 Å². The molecule has 2 aliphatic rings. The molecule has 1 saturated heterocycles. The summed E-state index contributed by atoms with van der Waals surface area (Å²) in [5.41, 5.74) is 0.877. The highest BCUT2D eigenvalue weighted by Gasteiger charge is 2.53. The van der Waals surface area contributed by atoms with Crippen molar-refractivity contribution < 1.29 is 19.3 Å². The normalized spacial score (nSPS) is 25.8.